The molecule has 0 radical (unpaired) electrons. The van der Waals surface area contributed by atoms with Gasteiger partial charge in [0.25, 0.3) is 0 Å². The van der Waals surface area contributed by atoms with Crippen LogP contribution in [0.25, 0.3) is 0 Å². The summed E-state index contributed by atoms with van der Waals surface area (Å²) in [6.07, 6.45) is 0.782. The molecule has 0 aliphatic rings. The van der Waals surface area contributed by atoms with Crippen LogP contribution in [0.15, 0.2) is 12.1 Å². The Morgan fingerprint density at radius 1 is 1.31 bits per heavy atom. The Balaban J connectivity index is 2.63. The maximum atomic E-state index is 6.09. The Hall–Kier alpha value is -0.520. The number of hydrazine groups is 1. The minimum absolute atomic E-state index is 0.557. The third kappa shape index (κ3) is 3.81. The lowest BCUT2D eigenvalue weighted by molar-refractivity contribution is 0.415. The van der Waals surface area contributed by atoms with Crippen molar-refractivity contribution in [2.45, 2.75) is 6.42 Å². The van der Waals surface area contributed by atoms with E-state index in [9.17, 15) is 0 Å². The van der Waals surface area contributed by atoms with E-state index in [4.69, 9.17) is 33.8 Å². The van der Waals surface area contributed by atoms with E-state index in [2.05, 4.69) is 10.7 Å². The first-order chi connectivity index (χ1) is 7.69. The van der Waals surface area contributed by atoms with Gasteiger partial charge in [-0.05, 0) is 18.1 Å². The van der Waals surface area contributed by atoms with Crippen LogP contribution in [0.3, 0.4) is 0 Å². The van der Waals surface area contributed by atoms with Gasteiger partial charge in [-0.25, -0.2) is 5.43 Å². The van der Waals surface area contributed by atoms with Crippen LogP contribution in [0, 0.1) is 0 Å². The van der Waals surface area contributed by atoms with Crippen molar-refractivity contribution in [1.29, 1.82) is 0 Å². The zero-order valence-electron chi connectivity index (χ0n) is 9.02. The van der Waals surface area contributed by atoms with Gasteiger partial charge in [-0.15, -0.1) is 0 Å². The van der Waals surface area contributed by atoms with Crippen LogP contribution >= 0.6 is 23.2 Å². The van der Waals surface area contributed by atoms with Crippen LogP contribution in [-0.2, 0) is 6.42 Å². The number of rotatable bonds is 6. The van der Waals surface area contributed by atoms with Gasteiger partial charge in [0, 0.05) is 17.6 Å². The third-order valence-corrected chi connectivity index (χ3v) is 2.77. The zero-order chi connectivity index (χ0) is 12.0. The van der Waals surface area contributed by atoms with E-state index in [1.165, 1.54) is 0 Å². The highest BCUT2D eigenvalue weighted by Crippen LogP contribution is 2.30. The molecule has 1 rings (SSSR count). The van der Waals surface area contributed by atoms with Crippen LogP contribution in [0.2, 0.25) is 10.0 Å². The smallest absolute Gasteiger partial charge is 0.138 e. The molecule has 0 spiro atoms. The van der Waals surface area contributed by atoms with Crippen LogP contribution in [0.5, 0.6) is 5.75 Å². The van der Waals surface area contributed by atoms with Gasteiger partial charge in [-0.2, -0.15) is 0 Å². The number of halogens is 2. The molecule has 4 nitrogen and oxygen atoms in total. The molecule has 1 aromatic carbocycles. The molecular weight excluding hydrogens is 249 g/mol. The van der Waals surface area contributed by atoms with Gasteiger partial charge in [0.15, 0.2) is 0 Å². The molecule has 16 heavy (non-hydrogen) atoms. The molecule has 0 saturated carbocycles. The number of benzene rings is 1. The van der Waals surface area contributed by atoms with Gasteiger partial charge < -0.3 is 10.1 Å². The fourth-order valence-corrected chi connectivity index (χ4v) is 1.81. The highest BCUT2D eigenvalue weighted by Gasteiger charge is 2.07. The Morgan fingerprint density at radius 3 is 2.69 bits per heavy atom. The first-order valence-corrected chi connectivity index (χ1v) is 5.60. The molecule has 0 saturated heterocycles. The normalized spacial score (nSPS) is 10.5. The molecule has 0 atom stereocenters. The number of hydrogen-bond donors (Lipinski definition) is 3. The number of nitrogens with two attached hydrogens (primary N) is 1. The highest BCUT2D eigenvalue weighted by atomic mass is 35.5. The van der Waals surface area contributed by atoms with E-state index in [1.807, 2.05) is 6.07 Å². The van der Waals surface area contributed by atoms with E-state index in [-0.39, 0.29) is 0 Å². The van der Waals surface area contributed by atoms with E-state index in [0.29, 0.717) is 22.5 Å². The fourth-order valence-electron chi connectivity index (χ4n) is 1.30. The van der Waals surface area contributed by atoms with Crippen molar-refractivity contribution in [3.8, 4) is 5.75 Å². The maximum Gasteiger partial charge on any atom is 0.138 e. The van der Waals surface area contributed by atoms with Gasteiger partial charge in [-0.1, -0.05) is 23.2 Å². The SMILES string of the molecule is COc1cc(Cl)c(CCNCNN)cc1Cl. The number of hydrogen-bond acceptors (Lipinski definition) is 4. The molecule has 90 valence electrons. The molecule has 0 fully saturated rings. The molecule has 4 N–H and O–H groups in total. The maximum absolute atomic E-state index is 6.09. The predicted molar refractivity (Wildman–Crippen MR) is 66.9 cm³/mol. The van der Waals surface area contributed by atoms with Crippen LogP contribution < -0.4 is 21.3 Å². The van der Waals surface area contributed by atoms with Gasteiger partial charge in [0.05, 0.1) is 18.8 Å². The third-order valence-electron chi connectivity index (χ3n) is 2.12. The predicted octanol–water partition coefficient (Wildman–Crippen LogP) is 1.55. The molecule has 0 amide bonds. The van der Waals surface area contributed by atoms with Crippen molar-refractivity contribution < 1.29 is 4.74 Å². The summed E-state index contributed by atoms with van der Waals surface area (Å²) in [5.74, 6) is 5.71. The van der Waals surface area contributed by atoms with Crippen molar-refractivity contribution in [3.05, 3.63) is 27.7 Å². The summed E-state index contributed by atoms with van der Waals surface area (Å²) in [6, 6.07) is 3.54. The van der Waals surface area contributed by atoms with E-state index in [1.54, 1.807) is 13.2 Å². The summed E-state index contributed by atoms with van der Waals surface area (Å²) in [5.41, 5.74) is 3.49. The van der Waals surface area contributed by atoms with Crippen LogP contribution in [0.4, 0.5) is 0 Å². The molecule has 0 aromatic heterocycles. The Bertz CT molecular complexity index is 347. The number of nitrogens with one attached hydrogen (secondary N) is 2. The van der Waals surface area contributed by atoms with Crippen molar-refractivity contribution >= 4 is 23.2 Å². The molecule has 0 aliphatic carbocycles. The van der Waals surface area contributed by atoms with Gasteiger partial charge in [0.1, 0.15) is 5.75 Å². The fraction of sp³-hybridized carbons (Fsp3) is 0.400. The minimum atomic E-state index is 0.557. The first-order valence-electron chi connectivity index (χ1n) is 4.85. The second-order valence-electron chi connectivity index (χ2n) is 3.21. The molecule has 0 unspecified atom stereocenters. The molecule has 6 heteroatoms. The molecular formula is C10H15Cl2N3O. The van der Waals surface area contributed by atoms with Crippen LogP contribution in [-0.4, -0.2) is 20.3 Å². The quantitative estimate of drug-likeness (QED) is 0.316. The highest BCUT2D eigenvalue weighted by molar-refractivity contribution is 6.34. The number of methoxy groups -OCH3 is 1. The monoisotopic (exact) mass is 263 g/mol. The minimum Gasteiger partial charge on any atom is -0.495 e. The summed E-state index contributed by atoms with van der Waals surface area (Å²) in [7, 11) is 1.56. The van der Waals surface area contributed by atoms with Crippen molar-refractivity contribution in [2.24, 2.45) is 5.84 Å². The van der Waals surface area contributed by atoms with E-state index >= 15 is 0 Å². The summed E-state index contributed by atoms with van der Waals surface area (Å²) in [4.78, 5) is 0. The molecule has 0 heterocycles. The lowest BCUT2D eigenvalue weighted by Crippen LogP contribution is -2.34. The molecule has 1 aromatic rings. The van der Waals surface area contributed by atoms with Crippen molar-refractivity contribution in [3.63, 3.8) is 0 Å². The first kappa shape index (κ1) is 13.5. The Morgan fingerprint density at radius 2 is 2.06 bits per heavy atom. The Labute approximate surface area is 105 Å². The second-order valence-corrected chi connectivity index (χ2v) is 4.02. The van der Waals surface area contributed by atoms with Crippen molar-refractivity contribution in [1.82, 2.24) is 10.7 Å². The average Bonchev–Trinajstić information content (AvgIpc) is 2.28. The van der Waals surface area contributed by atoms with Crippen molar-refractivity contribution in [2.75, 3.05) is 20.3 Å². The molecule has 0 bridgehead atoms. The standard InChI is InChI=1S/C10H15Cl2N3O/c1-16-10-5-8(11)7(4-9(10)12)2-3-14-6-15-13/h4-5,14-15H,2-3,6,13H2,1H3. The van der Waals surface area contributed by atoms with Gasteiger partial charge in [0.2, 0.25) is 0 Å². The number of ether oxygens (including phenoxy) is 1. The van der Waals surface area contributed by atoms with Gasteiger partial charge in [-0.3, -0.25) is 5.84 Å². The zero-order valence-corrected chi connectivity index (χ0v) is 10.5. The van der Waals surface area contributed by atoms with E-state index in [0.717, 1.165) is 18.5 Å². The summed E-state index contributed by atoms with van der Waals surface area (Å²) in [6.45, 7) is 1.33. The van der Waals surface area contributed by atoms with Crippen LogP contribution in [0.1, 0.15) is 5.56 Å². The summed E-state index contributed by atoms with van der Waals surface area (Å²) < 4.78 is 5.07. The second kappa shape index (κ2) is 6.93. The van der Waals surface area contributed by atoms with E-state index < -0.39 is 0 Å². The lowest BCUT2D eigenvalue weighted by Gasteiger charge is -2.09. The topological polar surface area (TPSA) is 59.3 Å². The largest absolute Gasteiger partial charge is 0.495 e. The lowest BCUT2D eigenvalue weighted by atomic mass is 10.1. The molecule has 0 aliphatic heterocycles. The summed E-state index contributed by atoms with van der Waals surface area (Å²) >= 11 is 12.1. The average molecular weight is 264 g/mol. The Kier molecular flexibility index (Phi) is 5.87. The summed E-state index contributed by atoms with van der Waals surface area (Å²) in [5, 5.41) is 4.31. The van der Waals surface area contributed by atoms with Gasteiger partial charge >= 0.3 is 0 Å².